The van der Waals surface area contributed by atoms with Gasteiger partial charge in [-0.2, -0.15) is 13.2 Å². The third-order valence-corrected chi connectivity index (χ3v) is 2.91. The quantitative estimate of drug-likeness (QED) is 0.864. The van der Waals surface area contributed by atoms with Crippen LogP contribution in [0.2, 0.25) is 0 Å². The molecular weight excluding hydrogens is 231 g/mol. The van der Waals surface area contributed by atoms with Crippen molar-refractivity contribution in [3.05, 3.63) is 29.3 Å². The van der Waals surface area contributed by atoms with Crippen molar-refractivity contribution in [1.29, 1.82) is 0 Å². The Morgan fingerprint density at radius 2 is 2.12 bits per heavy atom. The maximum atomic E-state index is 12.6. The summed E-state index contributed by atoms with van der Waals surface area (Å²) in [5.74, 6) is 0. The van der Waals surface area contributed by atoms with Gasteiger partial charge < -0.3 is 10.1 Å². The standard InChI is InChI=1S/C12H14F3NO/c1-11(7-17-2)6-8-5-9(12(13,14)15)3-4-10(8)16-11/h3-5,16H,6-7H2,1-2H3. The van der Waals surface area contributed by atoms with Gasteiger partial charge in [-0.05, 0) is 37.1 Å². The van der Waals surface area contributed by atoms with Crippen molar-refractivity contribution in [2.24, 2.45) is 0 Å². The zero-order valence-electron chi connectivity index (χ0n) is 9.69. The van der Waals surface area contributed by atoms with Crippen molar-refractivity contribution in [2.45, 2.75) is 25.1 Å². The van der Waals surface area contributed by atoms with Gasteiger partial charge in [0.2, 0.25) is 0 Å². The number of nitrogens with one attached hydrogen (secondary N) is 1. The molecule has 1 aliphatic heterocycles. The molecule has 0 spiro atoms. The highest BCUT2D eigenvalue weighted by Gasteiger charge is 2.36. The van der Waals surface area contributed by atoms with Gasteiger partial charge in [0, 0.05) is 12.8 Å². The van der Waals surface area contributed by atoms with E-state index in [0.717, 1.165) is 11.8 Å². The van der Waals surface area contributed by atoms with Gasteiger partial charge in [0.15, 0.2) is 0 Å². The van der Waals surface area contributed by atoms with Gasteiger partial charge in [0.1, 0.15) is 0 Å². The summed E-state index contributed by atoms with van der Waals surface area (Å²) >= 11 is 0. The summed E-state index contributed by atoms with van der Waals surface area (Å²) in [5.41, 5.74) is 0.540. The molecule has 1 N–H and O–H groups in total. The Labute approximate surface area is 97.8 Å². The summed E-state index contributed by atoms with van der Waals surface area (Å²) in [7, 11) is 1.58. The molecule has 0 radical (unpaired) electrons. The highest BCUT2D eigenvalue weighted by Crippen LogP contribution is 2.37. The van der Waals surface area contributed by atoms with E-state index >= 15 is 0 Å². The molecule has 0 saturated heterocycles. The van der Waals surface area contributed by atoms with Crippen molar-refractivity contribution < 1.29 is 17.9 Å². The average Bonchev–Trinajstić information content (AvgIpc) is 2.51. The number of anilines is 1. The monoisotopic (exact) mass is 245 g/mol. The van der Waals surface area contributed by atoms with Crippen LogP contribution in [0.3, 0.4) is 0 Å². The Morgan fingerprint density at radius 3 is 2.71 bits per heavy atom. The first-order valence-corrected chi connectivity index (χ1v) is 5.31. The lowest BCUT2D eigenvalue weighted by Gasteiger charge is -2.23. The maximum absolute atomic E-state index is 12.6. The molecule has 5 heteroatoms. The Kier molecular flexibility index (Phi) is 2.81. The van der Waals surface area contributed by atoms with Crippen LogP contribution in [0.5, 0.6) is 0 Å². The van der Waals surface area contributed by atoms with Gasteiger partial charge >= 0.3 is 6.18 Å². The fraction of sp³-hybridized carbons (Fsp3) is 0.500. The van der Waals surface area contributed by atoms with Gasteiger partial charge in [-0.1, -0.05) is 0 Å². The van der Waals surface area contributed by atoms with Gasteiger partial charge in [-0.25, -0.2) is 0 Å². The smallest absolute Gasteiger partial charge is 0.382 e. The van der Waals surface area contributed by atoms with E-state index < -0.39 is 11.7 Å². The number of hydrogen-bond donors (Lipinski definition) is 1. The van der Waals surface area contributed by atoms with Crippen molar-refractivity contribution in [1.82, 2.24) is 0 Å². The molecule has 0 aliphatic carbocycles. The molecule has 17 heavy (non-hydrogen) atoms. The highest BCUT2D eigenvalue weighted by atomic mass is 19.4. The number of hydrogen-bond acceptors (Lipinski definition) is 2. The Balaban J connectivity index is 2.28. The maximum Gasteiger partial charge on any atom is 0.416 e. The molecule has 0 aromatic heterocycles. The molecule has 1 aromatic rings. The van der Waals surface area contributed by atoms with E-state index in [1.54, 1.807) is 7.11 Å². The van der Waals surface area contributed by atoms with Crippen molar-refractivity contribution in [2.75, 3.05) is 19.0 Å². The van der Waals surface area contributed by atoms with E-state index in [9.17, 15) is 13.2 Å². The second-order valence-electron chi connectivity index (χ2n) is 4.67. The molecule has 0 saturated carbocycles. The summed E-state index contributed by atoms with van der Waals surface area (Å²) in [6.45, 7) is 2.40. The van der Waals surface area contributed by atoms with Gasteiger partial charge in [-0.3, -0.25) is 0 Å². The minimum atomic E-state index is -4.28. The second-order valence-corrected chi connectivity index (χ2v) is 4.67. The summed E-state index contributed by atoms with van der Waals surface area (Å²) in [6.07, 6.45) is -3.74. The number of benzene rings is 1. The lowest BCUT2D eigenvalue weighted by molar-refractivity contribution is -0.137. The van der Waals surface area contributed by atoms with Crippen molar-refractivity contribution in [3.8, 4) is 0 Å². The van der Waals surface area contributed by atoms with E-state index in [2.05, 4.69) is 5.32 Å². The molecule has 0 fully saturated rings. The third-order valence-electron chi connectivity index (χ3n) is 2.91. The van der Waals surface area contributed by atoms with Gasteiger partial charge in [0.25, 0.3) is 0 Å². The van der Waals surface area contributed by atoms with Crippen LogP contribution in [0.4, 0.5) is 18.9 Å². The first kappa shape index (κ1) is 12.2. The van der Waals surface area contributed by atoms with Crippen molar-refractivity contribution in [3.63, 3.8) is 0 Å². The number of fused-ring (bicyclic) bond motifs is 1. The zero-order valence-corrected chi connectivity index (χ0v) is 9.69. The van der Waals surface area contributed by atoms with Crippen LogP contribution in [-0.4, -0.2) is 19.3 Å². The minimum Gasteiger partial charge on any atom is -0.382 e. The summed E-state index contributed by atoms with van der Waals surface area (Å²) in [5, 5.41) is 3.20. The van der Waals surface area contributed by atoms with Crippen molar-refractivity contribution >= 4 is 5.69 Å². The topological polar surface area (TPSA) is 21.3 Å². The second kappa shape index (κ2) is 3.91. The third kappa shape index (κ3) is 2.39. The molecule has 1 atom stereocenters. The summed E-state index contributed by atoms with van der Waals surface area (Å²) in [4.78, 5) is 0. The van der Waals surface area contributed by atoms with E-state index in [0.29, 0.717) is 18.6 Å². The fourth-order valence-corrected chi connectivity index (χ4v) is 2.23. The number of rotatable bonds is 2. The molecule has 1 aromatic carbocycles. The first-order valence-electron chi connectivity index (χ1n) is 5.31. The summed E-state index contributed by atoms with van der Waals surface area (Å²) < 4.78 is 42.7. The molecule has 1 aliphatic rings. The lowest BCUT2D eigenvalue weighted by atomic mass is 9.98. The Morgan fingerprint density at radius 1 is 1.41 bits per heavy atom. The average molecular weight is 245 g/mol. The predicted octanol–water partition coefficient (Wildman–Crippen LogP) is 3.08. The van der Waals surface area contributed by atoms with Crippen LogP contribution in [0.1, 0.15) is 18.1 Å². The molecule has 1 unspecified atom stereocenters. The lowest BCUT2D eigenvalue weighted by Crippen LogP contribution is -2.37. The molecule has 2 rings (SSSR count). The van der Waals surface area contributed by atoms with Gasteiger partial charge in [0.05, 0.1) is 17.7 Å². The SMILES string of the molecule is COCC1(C)Cc2cc(C(F)(F)F)ccc2N1. The largest absolute Gasteiger partial charge is 0.416 e. The minimum absolute atomic E-state index is 0.318. The van der Waals surface area contributed by atoms with E-state index in [1.165, 1.54) is 12.1 Å². The van der Waals surface area contributed by atoms with E-state index in [4.69, 9.17) is 4.74 Å². The van der Waals surface area contributed by atoms with E-state index in [1.807, 2.05) is 6.92 Å². The fourth-order valence-electron chi connectivity index (χ4n) is 2.23. The van der Waals surface area contributed by atoms with Gasteiger partial charge in [-0.15, -0.1) is 0 Å². The van der Waals surface area contributed by atoms with Crippen LogP contribution in [-0.2, 0) is 17.3 Å². The van der Waals surface area contributed by atoms with Crippen LogP contribution in [0.25, 0.3) is 0 Å². The molecule has 1 heterocycles. The molecular formula is C12H14F3NO. The van der Waals surface area contributed by atoms with Crippen LogP contribution >= 0.6 is 0 Å². The normalized spacial score (nSPS) is 23.4. The van der Waals surface area contributed by atoms with E-state index in [-0.39, 0.29) is 5.54 Å². The Bertz CT molecular complexity index is 430. The zero-order chi connectivity index (χ0) is 12.7. The number of alkyl halides is 3. The number of ether oxygens (including phenoxy) is 1. The first-order chi connectivity index (χ1) is 7.84. The van der Waals surface area contributed by atoms with Crippen LogP contribution in [0, 0.1) is 0 Å². The molecule has 0 amide bonds. The number of halogens is 3. The highest BCUT2D eigenvalue weighted by molar-refractivity contribution is 5.60. The molecule has 0 bridgehead atoms. The predicted molar refractivity (Wildman–Crippen MR) is 59.1 cm³/mol. The Hall–Kier alpha value is -1.23. The summed E-state index contributed by atoms with van der Waals surface area (Å²) in [6, 6.07) is 3.80. The van der Waals surface area contributed by atoms with Crippen LogP contribution < -0.4 is 5.32 Å². The number of methoxy groups -OCH3 is 1. The molecule has 2 nitrogen and oxygen atoms in total. The van der Waals surface area contributed by atoms with Crippen LogP contribution in [0.15, 0.2) is 18.2 Å². The molecule has 94 valence electrons.